The average molecular weight is 389 g/mol. The Labute approximate surface area is 170 Å². The van der Waals surface area contributed by atoms with Gasteiger partial charge in [-0.2, -0.15) is 5.26 Å². The third kappa shape index (κ3) is 4.35. The molecule has 0 radical (unpaired) electrons. The number of aryl methyl sites for hydroxylation is 1. The van der Waals surface area contributed by atoms with E-state index in [2.05, 4.69) is 6.07 Å². The summed E-state index contributed by atoms with van der Waals surface area (Å²) in [5, 5.41) is 8.91. The van der Waals surface area contributed by atoms with Gasteiger partial charge in [-0.3, -0.25) is 19.3 Å². The van der Waals surface area contributed by atoms with Crippen LogP contribution in [0, 0.1) is 18.3 Å². The highest BCUT2D eigenvalue weighted by atomic mass is 16.2. The molecule has 0 saturated carbocycles. The van der Waals surface area contributed by atoms with E-state index in [9.17, 15) is 14.4 Å². The van der Waals surface area contributed by atoms with Crippen molar-refractivity contribution < 1.29 is 14.4 Å². The highest BCUT2D eigenvalue weighted by molar-refractivity contribution is 6.21. The van der Waals surface area contributed by atoms with Gasteiger partial charge in [0.25, 0.3) is 11.8 Å². The molecule has 148 valence electrons. The van der Waals surface area contributed by atoms with E-state index in [1.54, 1.807) is 35.2 Å². The molecule has 0 aliphatic carbocycles. The monoisotopic (exact) mass is 389 g/mol. The minimum Gasteiger partial charge on any atom is -0.338 e. The Hall–Kier alpha value is -3.46. The van der Waals surface area contributed by atoms with E-state index in [-0.39, 0.29) is 30.7 Å². The molecule has 6 nitrogen and oxygen atoms in total. The zero-order valence-corrected chi connectivity index (χ0v) is 16.6. The third-order valence-electron chi connectivity index (χ3n) is 4.98. The van der Waals surface area contributed by atoms with E-state index in [0.717, 1.165) is 22.4 Å². The van der Waals surface area contributed by atoms with Gasteiger partial charge in [0, 0.05) is 26.1 Å². The van der Waals surface area contributed by atoms with Gasteiger partial charge in [0.15, 0.2) is 0 Å². The minimum atomic E-state index is -0.341. The Morgan fingerprint density at radius 1 is 1.07 bits per heavy atom. The molecule has 0 spiro atoms. The molecular formula is C23H23N3O3. The zero-order chi connectivity index (χ0) is 21.0. The minimum absolute atomic E-state index is 0.0673. The fourth-order valence-corrected chi connectivity index (χ4v) is 3.44. The second kappa shape index (κ2) is 8.70. The number of fused-ring (bicyclic) bond motifs is 1. The fraction of sp³-hybridized carbons (Fsp3) is 0.304. The highest BCUT2D eigenvalue weighted by Crippen LogP contribution is 2.24. The molecule has 0 unspecified atom stereocenters. The summed E-state index contributed by atoms with van der Waals surface area (Å²) in [6, 6.07) is 14.4. The van der Waals surface area contributed by atoms with E-state index in [0.29, 0.717) is 29.8 Å². The maximum atomic E-state index is 12.8. The van der Waals surface area contributed by atoms with E-state index < -0.39 is 0 Å². The lowest BCUT2D eigenvalue weighted by Gasteiger charge is -2.23. The van der Waals surface area contributed by atoms with Crippen molar-refractivity contribution in [2.75, 3.05) is 13.1 Å². The molecule has 0 saturated heterocycles. The number of nitrogens with zero attached hydrogens (tertiary/aromatic N) is 3. The normalized spacial score (nSPS) is 12.7. The maximum Gasteiger partial charge on any atom is 0.261 e. The molecule has 0 fully saturated rings. The summed E-state index contributed by atoms with van der Waals surface area (Å²) < 4.78 is 0. The summed E-state index contributed by atoms with van der Waals surface area (Å²) in [6.07, 6.45) is 0.884. The smallest absolute Gasteiger partial charge is 0.261 e. The van der Waals surface area contributed by atoms with Crippen LogP contribution < -0.4 is 0 Å². The number of amides is 3. The summed E-state index contributed by atoms with van der Waals surface area (Å²) in [6.45, 7) is 4.94. The Morgan fingerprint density at radius 2 is 1.76 bits per heavy atom. The summed E-state index contributed by atoms with van der Waals surface area (Å²) in [5.41, 5.74) is 3.23. The van der Waals surface area contributed by atoms with Crippen molar-refractivity contribution in [1.29, 1.82) is 5.26 Å². The second-order valence-electron chi connectivity index (χ2n) is 7.19. The standard InChI is InChI=1S/C23H23N3O3/c1-3-11-25(15-18-7-5-17(14-24)6-8-18)21(27)10-12-26-22(28)19-9-4-16(2)13-20(19)23(26)29/h4-9,13H,3,10-12,15H2,1-2H3. The van der Waals surface area contributed by atoms with Crippen LogP contribution in [0.15, 0.2) is 42.5 Å². The van der Waals surface area contributed by atoms with Gasteiger partial charge in [-0.15, -0.1) is 0 Å². The van der Waals surface area contributed by atoms with Crippen LogP contribution in [0.5, 0.6) is 0 Å². The topological polar surface area (TPSA) is 81.5 Å². The lowest BCUT2D eigenvalue weighted by Crippen LogP contribution is -2.37. The van der Waals surface area contributed by atoms with Gasteiger partial charge in [0.1, 0.15) is 0 Å². The van der Waals surface area contributed by atoms with Gasteiger partial charge >= 0.3 is 0 Å². The molecule has 6 heteroatoms. The van der Waals surface area contributed by atoms with Crippen LogP contribution in [0.3, 0.4) is 0 Å². The first-order valence-electron chi connectivity index (χ1n) is 9.68. The molecule has 2 aromatic rings. The lowest BCUT2D eigenvalue weighted by atomic mass is 10.1. The molecule has 0 N–H and O–H groups in total. The Balaban J connectivity index is 1.65. The van der Waals surface area contributed by atoms with Crippen LogP contribution in [0.1, 0.15) is 57.2 Å². The average Bonchev–Trinajstić information content (AvgIpc) is 2.96. The molecule has 0 bridgehead atoms. The van der Waals surface area contributed by atoms with E-state index >= 15 is 0 Å². The predicted molar refractivity (Wildman–Crippen MR) is 108 cm³/mol. The Bertz CT molecular complexity index is 989. The van der Waals surface area contributed by atoms with Gasteiger partial charge in [-0.1, -0.05) is 30.7 Å². The van der Waals surface area contributed by atoms with Crippen LogP contribution in [-0.4, -0.2) is 40.6 Å². The van der Waals surface area contributed by atoms with Gasteiger partial charge in [0.05, 0.1) is 22.8 Å². The van der Waals surface area contributed by atoms with Crippen molar-refractivity contribution in [1.82, 2.24) is 9.80 Å². The van der Waals surface area contributed by atoms with Crippen LogP contribution in [0.2, 0.25) is 0 Å². The first-order chi connectivity index (χ1) is 13.9. The van der Waals surface area contributed by atoms with Gasteiger partial charge in [0.2, 0.25) is 5.91 Å². The SMILES string of the molecule is CCCN(Cc1ccc(C#N)cc1)C(=O)CCN1C(=O)c2ccc(C)cc2C1=O. The summed E-state index contributed by atoms with van der Waals surface area (Å²) >= 11 is 0. The number of benzene rings is 2. The largest absolute Gasteiger partial charge is 0.338 e. The quantitative estimate of drug-likeness (QED) is 0.681. The Morgan fingerprint density at radius 3 is 2.41 bits per heavy atom. The summed E-state index contributed by atoms with van der Waals surface area (Å²) in [7, 11) is 0. The second-order valence-corrected chi connectivity index (χ2v) is 7.19. The van der Waals surface area contributed by atoms with Gasteiger partial charge in [-0.25, -0.2) is 0 Å². The van der Waals surface area contributed by atoms with E-state index in [1.165, 1.54) is 0 Å². The number of hydrogen-bond donors (Lipinski definition) is 0. The molecule has 3 rings (SSSR count). The lowest BCUT2D eigenvalue weighted by molar-refractivity contribution is -0.131. The van der Waals surface area contributed by atoms with Crippen LogP contribution in [0.25, 0.3) is 0 Å². The summed E-state index contributed by atoms with van der Waals surface area (Å²) in [4.78, 5) is 40.8. The van der Waals surface area contributed by atoms with Gasteiger partial charge < -0.3 is 4.90 Å². The molecule has 0 aromatic heterocycles. The number of imide groups is 1. The van der Waals surface area contributed by atoms with Crippen molar-refractivity contribution >= 4 is 17.7 Å². The third-order valence-corrected chi connectivity index (χ3v) is 4.98. The fourth-order valence-electron chi connectivity index (χ4n) is 3.44. The van der Waals surface area contributed by atoms with Crippen molar-refractivity contribution in [2.24, 2.45) is 0 Å². The predicted octanol–water partition coefficient (Wildman–Crippen LogP) is 3.29. The van der Waals surface area contributed by atoms with E-state index in [1.807, 2.05) is 26.0 Å². The highest BCUT2D eigenvalue weighted by Gasteiger charge is 2.35. The zero-order valence-electron chi connectivity index (χ0n) is 16.6. The maximum absolute atomic E-state index is 12.8. The van der Waals surface area contributed by atoms with Crippen molar-refractivity contribution in [3.05, 3.63) is 70.3 Å². The molecule has 2 aromatic carbocycles. The molecule has 1 aliphatic heterocycles. The van der Waals surface area contributed by atoms with Crippen molar-refractivity contribution in [2.45, 2.75) is 33.2 Å². The first-order valence-corrected chi connectivity index (χ1v) is 9.68. The number of nitriles is 1. The molecule has 29 heavy (non-hydrogen) atoms. The first kappa shape index (κ1) is 20.3. The van der Waals surface area contributed by atoms with Crippen LogP contribution in [0.4, 0.5) is 0 Å². The Kier molecular flexibility index (Phi) is 6.08. The number of carbonyl (C=O) groups is 3. The molecule has 1 heterocycles. The number of rotatable bonds is 7. The van der Waals surface area contributed by atoms with Gasteiger partial charge in [-0.05, 0) is 43.2 Å². The molecule has 1 aliphatic rings. The van der Waals surface area contributed by atoms with Crippen LogP contribution in [-0.2, 0) is 11.3 Å². The number of carbonyl (C=O) groups excluding carboxylic acids is 3. The summed E-state index contributed by atoms with van der Waals surface area (Å²) in [5.74, 6) is -0.786. The molecule has 3 amide bonds. The van der Waals surface area contributed by atoms with Crippen LogP contribution >= 0.6 is 0 Å². The van der Waals surface area contributed by atoms with Crippen molar-refractivity contribution in [3.8, 4) is 6.07 Å². The van der Waals surface area contributed by atoms with Crippen molar-refractivity contribution in [3.63, 3.8) is 0 Å². The molecular weight excluding hydrogens is 366 g/mol. The van der Waals surface area contributed by atoms with E-state index in [4.69, 9.17) is 5.26 Å². The number of hydrogen-bond acceptors (Lipinski definition) is 4. The molecule has 0 atom stereocenters.